The van der Waals surface area contributed by atoms with Crippen LogP contribution in [0.5, 0.6) is 0 Å². The predicted molar refractivity (Wildman–Crippen MR) is 468 cm³/mol. The molecule has 0 amide bonds. The lowest BCUT2D eigenvalue weighted by Gasteiger charge is -2.35. The molecule has 11 nitrogen and oxygen atoms in total. The number of likely N-dealkylation sites (tertiary alicyclic amines) is 1. The normalized spacial score (nSPS) is 12.5. The van der Waals surface area contributed by atoms with Gasteiger partial charge in [0.05, 0.1) is 45.8 Å². The number of alkyl halides is 1. The van der Waals surface area contributed by atoms with Crippen molar-refractivity contribution in [1.29, 1.82) is 0 Å². The Morgan fingerprint density at radius 1 is 0.345 bits per heavy atom. The largest absolute Gasteiger partial charge is 0.380 e. The van der Waals surface area contributed by atoms with E-state index in [9.17, 15) is 8.78 Å². The molecule has 0 radical (unpaired) electrons. The molecule has 606 valence electrons. The van der Waals surface area contributed by atoms with E-state index in [0.29, 0.717) is 25.4 Å². The summed E-state index contributed by atoms with van der Waals surface area (Å²) in [6, 6.07) is 38.0. The lowest BCUT2D eigenvalue weighted by molar-refractivity contribution is 0.0585. The van der Waals surface area contributed by atoms with E-state index >= 15 is 0 Å². The van der Waals surface area contributed by atoms with Crippen LogP contribution in [0.4, 0.5) is 8.78 Å². The predicted octanol–water partition coefficient (Wildman–Crippen LogP) is 25.9. The molecule has 1 fully saturated rings. The molecule has 0 atom stereocenters. The number of hydrogen-bond acceptors (Lipinski definition) is 11. The molecular formula is C96H145ClF2N10O. The summed E-state index contributed by atoms with van der Waals surface area (Å²) in [5, 5.41) is 0.758. The first-order valence-electron chi connectivity index (χ1n) is 38.1. The maximum atomic E-state index is 13.2. The van der Waals surface area contributed by atoms with Gasteiger partial charge in [0.2, 0.25) is 0 Å². The molecule has 1 aliphatic heterocycles. The van der Waals surface area contributed by atoms with Gasteiger partial charge in [0, 0.05) is 139 Å². The minimum atomic E-state index is -0.633. The molecular weight excluding hydrogens is 1380 g/mol. The fourth-order valence-electron chi connectivity index (χ4n) is 12.0. The van der Waals surface area contributed by atoms with Crippen molar-refractivity contribution in [1.82, 2.24) is 49.8 Å². The monoisotopic (exact) mass is 1530 g/mol. The number of hydrogen-bond donors (Lipinski definition) is 0. The summed E-state index contributed by atoms with van der Waals surface area (Å²) < 4.78 is 31.2. The second kappa shape index (κ2) is 42.3. The fraction of sp³-hybridized carbons (Fsp3) is 0.531. The third kappa shape index (κ3) is 33.8. The third-order valence-electron chi connectivity index (χ3n) is 17.2. The lowest BCUT2D eigenvalue weighted by Crippen LogP contribution is -2.47. The number of nitrogens with zero attached hydrogens (tertiary/aromatic N) is 10. The van der Waals surface area contributed by atoms with E-state index in [0.717, 1.165) is 85.6 Å². The van der Waals surface area contributed by atoms with Crippen LogP contribution in [0.3, 0.4) is 0 Å². The maximum Gasteiger partial charge on any atom is 0.145 e. The Hall–Kier alpha value is -7.58. The Balaban J connectivity index is 0.000000630. The van der Waals surface area contributed by atoms with Crippen molar-refractivity contribution in [2.45, 2.75) is 320 Å². The van der Waals surface area contributed by atoms with Crippen LogP contribution in [0.15, 0.2) is 121 Å². The summed E-state index contributed by atoms with van der Waals surface area (Å²) in [6.07, 6.45) is 1.17. The van der Waals surface area contributed by atoms with E-state index in [2.05, 4.69) is 272 Å². The Kier molecular flexibility index (Phi) is 38.7. The van der Waals surface area contributed by atoms with Gasteiger partial charge in [0.25, 0.3) is 0 Å². The van der Waals surface area contributed by atoms with Crippen molar-refractivity contribution in [3.8, 4) is 11.4 Å². The highest BCUT2D eigenvalue weighted by atomic mass is 35.5. The molecule has 0 aromatic carbocycles. The van der Waals surface area contributed by atoms with Gasteiger partial charge in [-0.25, -0.2) is 8.78 Å². The van der Waals surface area contributed by atoms with E-state index in [-0.39, 0.29) is 64.0 Å². The highest BCUT2D eigenvalue weighted by molar-refractivity contribution is 6.31. The van der Waals surface area contributed by atoms with Crippen LogP contribution < -0.4 is 0 Å². The van der Waals surface area contributed by atoms with Crippen LogP contribution in [0.2, 0.25) is 5.02 Å². The Labute approximate surface area is 673 Å². The summed E-state index contributed by atoms with van der Waals surface area (Å²) in [4.78, 5) is 42.7. The molecule has 9 aromatic rings. The van der Waals surface area contributed by atoms with Crippen molar-refractivity contribution in [3.05, 3.63) is 251 Å². The molecule has 1 saturated heterocycles. The average molecular weight is 1530 g/mol. The maximum absolute atomic E-state index is 13.2. The zero-order valence-corrected chi connectivity index (χ0v) is 74.2. The Morgan fingerprint density at radius 2 is 0.636 bits per heavy atom. The second-order valence-corrected chi connectivity index (χ2v) is 37.5. The summed E-state index contributed by atoms with van der Waals surface area (Å²) in [5.41, 5.74) is 25.7. The van der Waals surface area contributed by atoms with Gasteiger partial charge in [-0.05, 0) is 182 Å². The van der Waals surface area contributed by atoms with Crippen LogP contribution >= 0.6 is 11.6 Å². The molecule has 10 rings (SSSR count). The highest BCUT2D eigenvalue weighted by Gasteiger charge is 2.30. The van der Waals surface area contributed by atoms with Gasteiger partial charge in [-0.3, -0.25) is 49.8 Å². The van der Waals surface area contributed by atoms with E-state index in [1.54, 1.807) is 19.4 Å². The number of rotatable bonds is 5. The summed E-state index contributed by atoms with van der Waals surface area (Å²) in [5.74, 6) is -0.215. The average Bonchev–Trinajstić information content (AvgIpc) is 0.816. The Bertz CT molecular complexity index is 3940. The fourth-order valence-corrected chi connectivity index (χ4v) is 12.4. The van der Waals surface area contributed by atoms with Crippen LogP contribution in [-0.2, 0) is 61.2 Å². The molecule has 0 spiro atoms. The van der Waals surface area contributed by atoms with Gasteiger partial charge in [-0.1, -0.05) is 235 Å². The van der Waals surface area contributed by atoms with Crippen molar-refractivity contribution < 1.29 is 13.5 Å². The number of ether oxygens (including phenoxy) is 1. The second-order valence-electron chi connectivity index (χ2n) is 37.1. The first-order chi connectivity index (χ1) is 49.3. The molecule has 10 heterocycles. The van der Waals surface area contributed by atoms with E-state index in [1.807, 2.05) is 118 Å². The quantitative estimate of drug-likeness (QED) is 0.163. The molecule has 0 saturated carbocycles. The van der Waals surface area contributed by atoms with Gasteiger partial charge < -0.3 is 4.74 Å². The van der Waals surface area contributed by atoms with E-state index in [4.69, 9.17) is 21.3 Å². The van der Waals surface area contributed by atoms with Gasteiger partial charge in [0.15, 0.2) is 0 Å². The zero-order valence-electron chi connectivity index (χ0n) is 73.5. The number of aryl methyl sites for hydroxylation is 11. The van der Waals surface area contributed by atoms with Gasteiger partial charge in [-0.15, -0.1) is 0 Å². The smallest absolute Gasteiger partial charge is 0.145 e. The van der Waals surface area contributed by atoms with Crippen LogP contribution in [0.1, 0.15) is 300 Å². The minimum absolute atomic E-state index is 0. The Morgan fingerprint density at radius 3 is 0.945 bits per heavy atom. The molecule has 1 aliphatic rings. The molecule has 110 heavy (non-hydrogen) atoms. The molecule has 0 unspecified atom stereocenters. The third-order valence-corrected chi connectivity index (χ3v) is 17.5. The number of aromatic nitrogens is 9. The van der Waals surface area contributed by atoms with Crippen molar-refractivity contribution in [2.75, 3.05) is 20.2 Å². The zero-order chi connectivity index (χ0) is 82.6. The van der Waals surface area contributed by atoms with E-state index < -0.39 is 6.17 Å². The summed E-state index contributed by atoms with van der Waals surface area (Å²) in [6.45, 7) is 76.6. The number of methoxy groups -OCH3 is 1. The van der Waals surface area contributed by atoms with Crippen molar-refractivity contribution in [3.63, 3.8) is 0 Å². The van der Waals surface area contributed by atoms with Gasteiger partial charge in [-0.2, -0.15) is 0 Å². The number of pyridine rings is 9. The summed E-state index contributed by atoms with van der Waals surface area (Å²) in [7, 11) is 1.71. The first kappa shape index (κ1) is 100. The topological polar surface area (TPSA) is 128 Å². The SMILES string of the molecule is C.C.COCc1ccc(C)nc1C(C)(C)C.Cc1ccc(-c2ccccn2)nc1C(C)(C)C.Cc1ccc(C)c(C(C)(C)C)n1.Cc1ccc(C)c(C(C)(C)C)n1.Cc1ccc(C)c(C(C)(C)C)n1.Cc1ccc(CN2CC(F)C2)c(C(C)(C)C)n1.Cc1ccc(Cl)c(C(C)(C)C)n1.Cc1ccc(F)c(C(C)(C)C)n1. The minimum Gasteiger partial charge on any atom is -0.380 e. The standard InChI is InChI=1S/C15H18N2.C14H21FN2.C12H19NO.3C11H17N.C10H14ClN.C10H14FN.2CH4/c1-11-8-9-13(12-7-5-6-10-16-12)17-14(11)15(2,3)4;1-10-5-6-11(7-17-8-12(15)9-17)13(16-10)14(2,3)4;1-9-6-7-10(8-14-5)11(13-9)12(2,3)4;3*1-8-6-7-9(2)12-10(8)11(3,4)5;2*1-7-5-6-8(11)9(12-7)10(2,3)4;;/h5-10H,1-4H3;5-6,12H,7-9H2,1-4H3;6-7H,8H2,1-5H3;3*6-7H,1-5H3;2*5-6H,1-4H3;2*1H4. The molecule has 0 aliphatic carbocycles. The van der Waals surface area contributed by atoms with Crippen molar-refractivity contribution in [2.24, 2.45) is 0 Å². The highest BCUT2D eigenvalue weighted by Crippen LogP contribution is 2.32. The first-order valence-corrected chi connectivity index (χ1v) is 38.5. The number of halogens is 3. The van der Waals surface area contributed by atoms with Crippen LogP contribution in [0, 0.1) is 82.0 Å². The van der Waals surface area contributed by atoms with Crippen LogP contribution in [0.25, 0.3) is 11.4 Å². The van der Waals surface area contributed by atoms with Gasteiger partial charge in [0.1, 0.15) is 12.0 Å². The van der Waals surface area contributed by atoms with Crippen molar-refractivity contribution >= 4 is 11.6 Å². The summed E-state index contributed by atoms with van der Waals surface area (Å²) >= 11 is 6.02. The lowest BCUT2D eigenvalue weighted by atomic mass is 9.87. The van der Waals surface area contributed by atoms with Gasteiger partial charge >= 0.3 is 0 Å². The van der Waals surface area contributed by atoms with E-state index in [1.165, 1.54) is 56.5 Å². The van der Waals surface area contributed by atoms with Crippen LogP contribution in [-0.4, -0.2) is 76.1 Å². The molecule has 0 N–H and O–H groups in total. The molecule has 0 bridgehead atoms. The molecule has 14 heteroatoms. The molecule has 9 aromatic heterocycles.